The molecule has 0 amide bonds. The van der Waals surface area contributed by atoms with Gasteiger partial charge in [-0.2, -0.15) is 0 Å². The Morgan fingerprint density at radius 2 is 1.18 bits per heavy atom. The van der Waals surface area contributed by atoms with Gasteiger partial charge < -0.3 is 9.47 Å². The number of allylic oxidation sites excluding steroid dienone is 1. The van der Waals surface area contributed by atoms with Gasteiger partial charge in [0.05, 0.1) is 14.2 Å². The summed E-state index contributed by atoms with van der Waals surface area (Å²) in [4.78, 5) is 0. The van der Waals surface area contributed by atoms with Crippen molar-refractivity contribution >= 4 is 11.8 Å². The van der Waals surface area contributed by atoms with Gasteiger partial charge in [-0.05, 0) is 41.0 Å². The van der Waals surface area contributed by atoms with Crippen LogP contribution in [-0.2, 0) is 0 Å². The Hall–Kier alpha value is -2.55. The maximum atomic E-state index is 5.32. The molecule has 0 atom stereocenters. The van der Waals surface area contributed by atoms with E-state index in [0.29, 0.717) is 0 Å². The second-order valence-electron chi connectivity index (χ2n) is 6.93. The van der Waals surface area contributed by atoms with Gasteiger partial charge in [0.2, 0.25) is 0 Å². The normalized spacial score (nSPS) is 10.3. The van der Waals surface area contributed by atoms with Crippen LogP contribution in [0.3, 0.4) is 0 Å². The molecule has 0 bridgehead atoms. The fraction of sp³-hybridized carbons (Fsp3) is 0.400. The van der Waals surface area contributed by atoms with Crippen molar-refractivity contribution in [3.8, 4) is 11.5 Å². The van der Waals surface area contributed by atoms with Crippen molar-refractivity contribution < 1.29 is 14.0 Å². The molecule has 2 rings (SSSR count). The molecule has 0 unspecified atom stereocenters. The first-order valence-electron chi connectivity index (χ1n) is 10.3. The molecule has 0 aliphatic heterocycles. The third-order valence-corrected chi connectivity index (χ3v) is 4.85. The maximum Gasteiger partial charge on any atom is 0.163 e. The first-order chi connectivity index (χ1) is 13.7. The third kappa shape index (κ3) is 6.56. The van der Waals surface area contributed by atoms with Crippen LogP contribution >= 0.6 is 0 Å². The van der Waals surface area contributed by atoms with Gasteiger partial charge in [0, 0.05) is 18.9 Å². The SMILES string of the molecule is CCCC[N+](=CC=C(c1ccc(OC)cc1)c1ccc(OC)cc1)CCCC. The van der Waals surface area contributed by atoms with E-state index in [1.54, 1.807) is 14.2 Å². The van der Waals surface area contributed by atoms with Crippen LogP contribution in [0, 0.1) is 0 Å². The van der Waals surface area contributed by atoms with E-state index in [9.17, 15) is 0 Å². The molecule has 0 fully saturated rings. The van der Waals surface area contributed by atoms with E-state index >= 15 is 0 Å². The minimum atomic E-state index is 0.870. The van der Waals surface area contributed by atoms with Gasteiger partial charge in [-0.3, -0.25) is 0 Å². The van der Waals surface area contributed by atoms with E-state index in [-0.39, 0.29) is 0 Å². The largest absolute Gasteiger partial charge is 0.497 e. The lowest BCUT2D eigenvalue weighted by Gasteiger charge is -2.10. The standard InChI is InChI=1S/C25H34NO2/c1-5-7-18-26(19-8-6-2)20-17-25(21-9-13-23(27-3)14-10-21)22-11-15-24(28-4)16-12-22/h9-17,20H,5-8,18-19H2,1-4H3/q+1. The van der Waals surface area contributed by atoms with E-state index < -0.39 is 0 Å². The van der Waals surface area contributed by atoms with Crippen LogP contribution < -0.4 is 9.47 Å². The van der Waals surface area contributed by atoms with E-state index in [2.05, 4.69) is 55.0 Å². The van der Waals surface area contributed by atoms with E-state index in [4.69, 9.17) is 9.47 Å². The molecule has 2 aromatic carbocycles. The molecule has 3 heteroatoms. The number of rotatable bonds is 11. The highest BCUT2D eigenvalue weighted by Gasteiger charge is 2.08. The lowest BCUT2D eigenvalue weighted by atomic mass is 9.97. The molecule has 0 aliphatic carbocycles. The maximum absolute atomic E-state index is 5.32. The summed E-state index contributed by atoms with van der Waals surface area (Å²) in [7, 11) is 3.39. The van der Waals surface area contributed by atoms with Crippen LogP contribution in [0.1, 0.15) is 50.7 Å². The average molecular weight is 381 g/mol. The highest BCUT2D eigenvalue weighted by atomic mass is 16.5. The molecule has 0 spiro atoms. The number of hydrogen-bond acceptors (Lipinski definition) is 2. The predicted molar refractivity (Wildman–Crippen MR) is 119 cm³/mol. The van der Waals surface area contributed by atoms with Crippen molar-refractivity contribution in [2.45, 2.75) is 39.5 Å². The van der Waals surface area contributed by atoms with Gasteiger partial charge in [0.1, 0.15) is 24.6 Å². The fourth-order valence-electron chi connectivity index (χ4n) is 3.06. The van der Waals surface area contributed by atoms with Crippen molar-refractivity contribution in [2.24, 2.45) is 0 Å². The molecule has 3 nitrogen and oxygen atoms in total. The van der Waals surface area contributed by atoms with Gasteiger partial charge in [0.25, 0.3) is 0 Å². The third-order valence-electron chi connectivity index (χ3n) is 4.85. The van der Waals surface area contributed by atoms with E-state index in [1.165, 1.54) is 42.4 Å². The van der Waals surface area contributed by atoms with Gasteiger partial charge in [-0.25, -0.2) is 4.58 Å². The number of ether oxygens (including phenoxy) is 2. The second-order valence-corrected chi connectivity index (χ2v) is 6.93. The quantitative estimate of drug-likeness (QED) is 0.362. The second kappa shape index (κ2) is 12.0. The number of methoxy groups -OCH3 is 2. The Balaban J connectivity index is 2.41. The zero-order valence-electron chi connectivity index (χ0n) is 17.8. The lowest BCUT2D eigenvalue weighted by Crippen LogP contribution is -2.15. The van der Waals surface area contributed by atoms with Crippen molar-refractivity contribution in [2.75, 3.05) is 27.3 Å². The van der Waals surface area contributed by atoms with Crippen molar-refractivity contribution in [1.29, 1.82) is 0 Å². The van der Waals surface area contributed by atoms with E-state index in [1.807, 2.05) is 24.3 Å². The summed E-state index contributed by atoms with van der Waals surface area (Å²) in [5.74, 6) is 1.74. The summed E-state index contributed by atoms with van der Waals surface area (Å²) in [6.45, 7) is 6.69. The van der Waals surface area contributed by atoms with Crippen LogP contribution in [0.2, 0.25) is 0 Å². The predicted octanol–water partition coefficient (Wildman–Crippen LogP) is 5.82. The van der Waals surface area contributed by atoms with Crippen LogP contribution in [0.5, 0.6) is 11.5 Å². The summed E-state index contributed by atoms with van der Waals surface area (Å²) in [6, 6.07) is 16.5. The Kier molecular flexibility index (Phi) is 9.33. The number of hydrogen-bond donors (Lipinski definition) is 0. The summed E-state index contributed by atoms with van der Waals surface area (Å²) in [5.41, 5.74) is 3.55. The Bertz CT molecular complexity index is 699. The minimum Gasteiger partial charge on any atom is -0.497 e. The molecular weight excluding hydrogens is 346 g/mol. The molecule has 28 heavy (non-hydrogen) atoms. The van der Waals surface area contributed by atoms with Crippen molar-refractivity contribution in [3.05, 3.63) is 65.7 Å². The van der Waals surface area contributed by atoms with Gasteiger partial charge in [0.15, 0.2) is 6.21 Å². The molecular formula is C25H34NO2+. The molecule has 0 aliphatic rings. The fourth-order valence-corrected chi connectivity index (χ4v) is 3.06. The summed E-state index contributed by atoms with van der Waals surface area (Å²) in [5, 5.41) is 0. The Morgan fingerprint density at radius 1 is 0.750 bits per heavy atom. The smallest absolute Gasteiger partial charge is 0.163 e. The van der Waals surface area contributed by atoms with Gasteiger partial charge in [-0.1, -0.05) is 51.0 Å². The Morgan fingerprint density at radius 3 is 1.54 bits per heavy atom. The van der Waals surface area contributed by atoms with Crippen LogP contribution in [0.25, 0.3) is 5.57 Å². The first kappa shape index (κ1) is 21.7. The number of nitrogens with zero attached hydrogens (tertiary/aromatic N) is 1. The summed E-state index contributed by atoms with van der Waals surface area (Å²) in [6.07, 6.45) is 9.36. The summed E-state index contributed by atoms with van der Waals surface area (Å²) >= 11 is 0. The topological polar surface area (TPSA) is 21.5 Å². The minimum absolute atomic E-state index is 0.870. The van der Waals surface area contributed by atoms with Crippen LogP contribution in [0.15, 0.2) is 54.6 Å². The molecule has 0 heterocycles. The van der Waals surface area contributed by atoms with Crippen LogP contribution in [0.4, 0.5) is 0 Å². The highest BCUT2D eigenvalue weighted by molar-refractivity contribution is 5.90. The molecule has 0 radical (unpaired) electrons. The zero-order valence-corrected chi connectivity index (χ0v) is 17.8. The molecule has 0 aromatic heterocycles. The molecule has 0 saturated carbocycles. The summed E-state index contributed by atoms with van der Waals surface area (Å²) < 4.78 is 13.1. The molecule has 0 saturated heterocycles. The van der Waals surface area contributed by atoms with Gasteiger partial charge in [-0.15, -0.1) is 0 Å². The zero-order chi connectivity index (χ0) is 20.2. The first-order valence-corrected chi connectivity index (χ1v) is 10.3. The lowest BCUT2D eigenvalue weighted by molar-refractivity contribution is -0.523. The molecule has 2 aromatic rings. The van der Waals surface area contributed by atoms with Crippen molar-refractivity contribution in [3.63, 3.8) is 0 Å². The molecule has 150 valence electrons. The number of benzene rings is 2. The van der Waals surface area contributed by atoms with Gasteiger partial charge >= 0.3 is 0 Å². The Labute approximate surface area is 170 Å². The highest BCUT2D eigenvalue weighted by Crippen LogP contribution is 2.26. The average Bonchev–Trinajstić information content (AvgIpc) is 2.76. The van der Waals surface area contributed by atoms with Crippen molar-refractivity contribution in [1.82, 2.24) is 0 Å². The number of unbranched alkanes of at least 4 members (excludes halogenated alkanes) is 2. The van der Waals surface area contributed by atoms with Crippen LogP contribution in [-0.4, -0.2) is 38.1 Å². The molecule has 0 N–H and O–H groups in total. The van der Waals surface area contributed by atoms with E-state index in [0.717, 1.165) is 24.6 Å². The monoisotopic (exact) mass is 380 g/mol.